The van der Waals surface area contributed by atoms with Crippen molar-refractivity contribution in [3.8, 4) is 0 Å². The zero-order valence-corrected chi connectivity index (χ0v) is 18.1. The first-order valence-corrected chi connectivity index (χ1v) is 12.1. The third kappa shape index (κ3) is 6.77. The molecule has 28 heavy (non-hydrogen) atoms. The van der Waals surface area contributed by atoms with Gasteiger partial charge in [0.05, 0.1) is 0 Å². The zero-order chi connectivity index (χ0) is 19.8. The van der Waals surface area contributed by atoms with Crippen LogP contribution in [0.1, 0.15) is 110 Å². The van der Waals surface area contributed by atoms with Gasteiger partial charge in [-0.3, -0.25) is 0 Å². The van der Waals surface area contributed by atoms with Crippen molar-refractivity contribution >= 4 is 11.8 Å². The third-order valence-corrected chi connectivity index (χ3v) is 7.41. The monoisotopic (exact) mass is 390 g/mol. The summed E-state index contributed by atoms with van der Waals surface area (Å²) in [6.45, 7) is 2.49. The maximum Gasteiger partial charge on any atom is 0.315 e. The number of Topliss-reactive ketones (excluding diaryl/α,β-unsaturated/α-hetero) is 1. The van der Waals surface area contributed by atoms with Crippen LogP contribution in [0.5, 0.6) is 0 Å². The minimum Gasteiger partial charge on any atom is -0.338 e. The zero-order valence-electron chi connectivity index (χ0n) is 18.1. The Morgan fingerprint density at radius 1 is 0.750 bits per heavy atom. The van der Waals surface area contributed by atoms with E-state index in [-0.39, 0.29) is 11.6 Å². The number of nitrogens with one attached hydrogen (secondary N) is 2. The lowest BCUT2D eigenvalue weighted by atomic mass is 9.53. The molecule has 4 saturated carbocycles. The van der Waals surface area contributed by atoms with Crippen LogP contribution in [0.15, 0.2) is 0 Å². The molecule has 0 aromatic heterocycles. The molecule has 4 bridgehead atoms. The van der Waals surface area contributed by atoms with Crippen molar-refractivity contribution in [2.24, 2.45) is 17.8 Å². The van der Waals surface area contributed by atoms with Crippen LogP contribution in [-0.4, -0.2) is 23.9 Å². The number of amides is 2. The van der Waals surface area contributed by atoms with E-state index < -0.39 is 0 Å². The van der Waals surface area contributed by atoms with Gasteiger partial charge in [-0.25, -0.2) is 4.79 Å². The van der Waals surface area contributed by atoms with E-state index in [1.54, 1.807) is 6.92 Å². The minimum absolute atomic E-state index is 0.0764. The van der Waals surface area contributed by atoms with Gasteiger partial charge in [0.2, 0.25) is 0 Å². The molecule has 0 aromatic carbocycles. The highest BCUT2D eigenvalue weighted by atomic mass is 16.2. The minimum atomic E-state index is 0.0764. The summed E-state index contributed by atoms with van der Waals surface area (Å²) in [5.41, 5.74) is 0.128. The summed E-state index contributed by atoms with van der Waals surface area (Å²) in [7, 11) is 0. The molecule has 0 radical (unpaired) electrons. The van der Waals surface area contributed by atoms with Gasteiger partial charge in [0.1, 0.15) is 5.78 Å². The van der Waals surface area contributed by atoms with Crippen molar-refractivity contribution in [2.45, 2.75) is 115 Å². The molecule has 2 N–H and O–H groups in total. The molecule has 4 heteroatoms. The van der Waals surface area contributed by atoms with E-state index in [0.29, 0.717) is 5.78 Å². The number of unbranched alkanes of at least 4 members (excludes halogenated alkanes) is 8. The fourth-order valence-corrected chi connectivity index (χ4v) is 6.49. The summed E-state index contributed by atoms with van der Waals surface area (Å²) in [6, 6.07) is 0.0764. The predicted molar refractivity (Wildman–Crippen MR) is 114 cm³/mol. The topological polar surface area (TPSA) is 58.2 Å². The van der Waals surface area contributed by atoms with Crippen LogP contribution in [0, 0.1) is 17.8 Å². The Hall–Kier alpha value is -1.06. The molecule has 2 amide bonds. The molecule has 0 heterocycles. The van der Waals surface area contributed by atoms with Gasteiger partial charge in [0.15, 0.2) is 0 Å². The summed E-state index contributed by atoms with van der Waals surface area (Å²) in [5, 5.41) is 6.51. The molecule has 4 aliphatic carbocycles. The molecule has 160 valence electrons. The highest BCUT2D eigenvalue weighted by Crippen LogP contribution is 2.55. The first kappa shape index (κ1) is 21.6. The SMILES string of the molecule is CC(=O)CCCCCCCCCCCNC(=O)NC12CC3CC(CC(C3)C1)C2. The molecule has 4 aliphatic rings. The average molecular weight is 391 g/mol. The van der Waals surface area contributed by atoms with Crippen LogP contribution in [0.3, 0.4) is 0 Å². The van der Waals surface area contributed by atoms with E-state index in [4.69, 9.17) is 0 Å². The molecule has 0 unspecified atom stereocenters. The number of hydrogen-bond acceptors (Lipinski definition) is 2. The van der Waals surface area contributed by atoms with Crippen molar-refractivity contribution in [3.05, 3.63) is 0 Å². The number of rotatable bonds is 13. The van der Waals surface area contributed by atoms with E-state index >= 15 is 0 Å². The molecule has 0 spiro atoms. The summed E-state index contributed by atoms with van der Waals surface area (Å²) in [5.74, 6) is 2.95. The second-order valence-corrected chi connectivity index (χ2v) is 10.2. The summed E-state index contributed by atoms with van der Waals surface area (Å²) < 4.78 is 0. The van der Waals surface area contributed by atoms with Crippen LogP contribution < -0.4 is 10.6 Å². The van der Waals surface area contributed by atoms with Gasteiger partial charge in [-0.15, -0.1) is 0 Å². The highest BCUT2D eigenvalue weighted by molar-refractivity contribution is 5.75. The first-order chi connectivity index (χ1) is 13.5. The fourth-order valence-electron chi connectivity index (χ4n) is 6.49. The molecule has 0 aliphatic heterocycles. The molecule has 0 atom stereocenters. The van der Waals surface area contributed by atoms with Gasteiger partial charge in [-0.05, 0) is 76.0 Å². The summed E-state index contributed by atoms with van der Waals surface area (Å²) in [6.07, 6.45) is 19.7. The van der Waals surface area contributed by atoms with Gasteiger partial charge in [-0.1, -0.05) is 44.9 Å². The summed E-state index contributed by atoms with van der Waals surface area (Å²) in [4.78, 5) is 23.3. The van der Waals surface area contributed by atoms with E-state index in [0.717, 1.165) is 43.6 Å². The Balaban J connectivity index is 1.15. The number of ketones is 1. The Bertz CT molecular complexity index is 481. The van der Waals surface area contributed by atoms with Crippen molar-refractivity contribution < 1.29 is 9.59 Å². The van der Waals surface area contributed by atoms with Crippen LogP contribution in [0.4, 0.5) is 4.79 Å². The maximum atomic E-state index is 12.4. The van der Waals surface area contributed by atoms with Crippen molar-refractivity contribution in [3.63, 3.8) is 0 Å². The normalized spacial score (nSPS) is 30.4. The Morgan fingerprint density at radius 3 is 1.71 bits per heavy atom. The van der Waals surface area contributed by atoms with E-state index in [2.05, 4.69) is 10.6 Å². The lowest BCUT2D eigenvalue weighted by Crippen LogP contribution is -2.61. The van der Waals surface area contributed by atoms with Gasteiger partial charge < -0.3 is 15.4 Å². The molecule has 0 aromatic rings. The standard InChI is InChI=1S/C24H42N2O2/c1-19(27)11-9-7-5-3-2-4-6-8-10-12-25-23(28)26-24-16-20-13-21(17-24)15-22(14-20)18-24/h20-22H,2-18H2,1H3,(H2,25,26,28). The molecule has 4 nitrogen and oxygen atoms in total. The Labute approximate surface area is 172 Å². The molecule has 4 rings (SSSR count). The van der Waals surface area contributed by atoms with Crippen molar-refractivity contribution in [1.29, 1.82) is 0 Å². The van der Waals surface area contributed by atoms with Crippen LogP contribution >= 0.6 is 0 Å². The second kappa shape index (κ2) is 10.6. The Morgan fingerprint density at radius 2 is 1.21 bits per heavy atom. The molecule has 4 fully saturated rings. The second-order valence-electron chi connectivity index (χ2n) is 10.2. The first-order valence-electron chi connectivity index (χ1n) is 12.1. The van der Waals surface area contributed by atoms with Crippen LogP contribution in [-0.2, 0) is 4.79 Å². The smallest absolute Gasteiger partial charge is 0.315 e. The van der Waals surface area contributed by atoms with Gasteiger partial charge >= 0.3 is 6.03 Å². The number of carbonyl (C=O) groups is 2. The quantitative estimate of drug-likeness (QED) is 0.394. The summed E-state index contributed by atoms with van der Waals surface area (Å²) >= 11 is 0. The molecular formula is C24H42N2O2. The van der Waals surface area contributed by atoms with Crippen LogP contribution in [0.2, 0.25) is 0 Å². The van der Waals surface area contributed by atoms with Crippen molar-refractivity contribution in [1.82, 2.24) is 10.6 Å². The maximum absolute atomic E-state index is 12.4. The fraction of sp³-hybridized carbons (Fsp3) is 0.917. The van der Waals surface area contributed by atoms with E-state index in [1.807, 2.05) is 0 Å². The lowest BCUT2D eigenvalue weighted by molar-refractivity contribution is -0.117. The van der Waals surface area contributed by atoms with E-state index in [9.17, 15) is 9.59 Å². The molecule has 0 saturated heterocycles. The molecular weight excluding hydrogens is 348 g/mol. The van der Waals surface area contributed by atoms with E-state index in [1.165, 1.54) is 83.5 Å². The third-order valence-electron chi connectivity index (χ3n) is 7.41. The number of urea groups is 1. The van der Waals surface area contributed by atoms with Crippen molar-refractivity contribution in [2.75, 3.05) is 6.54 Å². The number of carbonyl (C=O) groups excluding carboxylic acids is 2. The van der Waals surface area contributed by atoms with Gasteiger partial charge in [0.25, 0.3) is 0 Å². The lowest BCUT2D eigenvalue weighted by Gasteiger charge is -2.56. The predicted octanol–water partition coefficient (Wildman–Crippen LogP) is 5.74. The Kier molecular flexibility index (Phi) is 8.23. The van der Waals surface area contributed by atoms with Gasteiger partial charge in [-0.2, -0.15) is 0 Å². The van der Waals surface area contributed by atoms with Gasteiger partial charge in [0, 0.05) is 18.5 Å². The van der Waals surface area contributed by atoms with Crippen LogP contribution in [0.25, 0.3) is 0 Å². The highest BCUT2D eigenvalue weighted by Gasteiger charge is 2.51. The largest absolute Gasteiger partial charge is 0.338 e. The number of hydrogen-bond donors (Lipinski definition) is 2. The average Bonchev–Trinajstić information content (AvgIpc) is 2.60.